The molecule has 0 aliphatic rings. The first-order valence-electron chi connectivity index (χ1n) is 5.92. The Morgan fingerprint density at radius 2 is 2.00 bits per heavy atom. The quantitative estimate of drug-likeness (QED) is 0.404. The van der Waals surface area contributed by atoms with Crippen LogP contribution >= 0.6 is 0 Å². The average molecular weight is 209 g/mol. The summed E-state index contributed by atoms with van der Waals surface area (Å²) in [5.41, 5.74) is 1.16. The molecular weight excluding hydrogens is 186 g/mol. The fourth-order valence-electron chi connectivity index (χ4n) is 1.39. The summed E-state index contributed by atoms with van der Waals surface area (Å²) in [7, 11) is 0. The van der Waals surface area contributed by atoms with Gasteiger partial charge in [0, 0.05) is 0 Å². The van der Waals surface area contributed by atoms with Crippen LogP contribution in [0.1, 0.15) is 51.9 Å². The Morgan fingerprint density at radius 3 is 2.67 bits per heavy atom. The molecule has 15 heavy (non-hydrogen) atoms. The third kappa shape index (κ3) is 11.1. The highest BCUT2D eigenvalue weighted by Crippen LogP contribution is 2.09. The summed E-state index contributed by atoms with van der Waals surface area (Å²) in [6.45, 7) is 7.34. The number of unbranched alkanes of at least 4 members (excludes halogenated alkanes) is 4. The van der Waals surface area contributed by atoms with Crippen LogP contribution in [0.5, 0.6) is 0 Å². The second kappa shape index (κ2) is 11.3. The predicted molar refractivity (Wildman–Crippen MR) is 63.6 cm³/mol. The van der Waals surface area contributed by atoms with E-state index < -0.39 is 0 Å². The van der Waals surface area contributed by atoms with Crippen molar-refractivity contribution in [2.75, 3.05) is 13.2 Å². The van der Waals surface area contributed by atoms with Crippen LogP contribution in [0.3, 0.4) is 0 Å². The maximum atomic E-state index is 8.30. The van der Waals surface area contributed by atoms with Gasteiger partial charge in [0.05, 0.1) is 25.7 Å². The first-order valence-corrected chi connectivity index (χ1v) is 5.92. The van der Waals surface area contributed by atoms with E-state index in [9.17, 15) is 0 Å². The maximum absolute atomic E-state index is 8.30. The Bertz CT molecular complexity index is 193. The zero-order valence-corrected chi connectivity index (χ0v) is 9.93. The summed E-state index contributed by atoms with van der Waals surface area (Å²) in [5, 5.41) is 8.30. The van der Waals surface area contributed by atoms with Gasteiger partial charge in [-0.3, -0.25) is 0 Å². The lowest BCUT2D eigenvalue weighted by molar-refractivity contribution is 0.160. The predicted octanol–water partition coefficient (Wildman–Crippen LogP) is 3.83. The highest BCUT2D eigenvalue weighted by atomic mass is 16.5. The van der Waals surface area contributed by atoms with Crippen molar-refractivity contribution >= 4 is 0 Å². The van der Waals surface area contributed by atoms with E-state index in [0.29, 0.717) is 19.6 Å². The van der Waals surface area contributed by atoms with Crippen LogP contribution in [0.25, 0.3) is 0 Å². The molecule has 86 valence electrons. The molecule has 2 nitrogen and oxygen atoms in total. The van der Waals surface area contributed by atoms with Crippen molar-refractivity contribution in [3.8, 4) is 6.07 Å². The number of hydrogen-bond donors (Lipinski definition) is 0. The maximum Gasteiger partial charge on any atom is 0.0674 e. The highest BCUT2D eigenvalue weighted by molar-refractivity contribution is 4.93. The van der Waals surface area contributed by atoms with Gasteiger partial charge in [0.25, 0.3) is 0 Å². The molecule has 0 aliphatic carbocycles. The van der Waals surface area contributed by atoms with Gasteiger partial charge < -0.3 is 4.74 Å². The molecule has 0 amide bonds. The van der Waals surface area contributed by atoms with Crippen LogP contribution in [-0.4, -0.2) is 13.2 Å². The largest absolute Gasteiger partial charge is 0.376 e. The lowest BCUT2D eigenvalue weighted by atomic mass is 10.1. The molecule has 2 heteroatoms. The van der Waals surface area contributed by atoms with Gasteiger partial charge >= 0.3 is 0 Å². The molecular formula is C13H23NO. The van der Waals surface area contributed by atoms with Crippen LogP contribution in [0.15, 0.2) is 12.2 Å². The van der Waals surface area contributed by atoms with Crippen molar-refractivity contribution in [3.63, 3.8) is 0 Å². The van der Waals surface area contributed by atoms with Crippen molar-refractivity contribution in [1.82, 2.24) is 0 Å². The molecule has 0 aromatic rings. The third-order valence-corrected chi connectivity index (χ3v) is 2.30. The van der Waals surface area contributed by atoms with E-state index in [2.05, 4.69) is 19.6 Å². The van der Waals surface area contributed by atoms with Crippen LogP contribution in [0, 0.1) is 11.3 Å². The normalized spacial score (nSPS) is 9.87. The number of rotatable bonds is 10. The second-order valence-electron chi connectivity index (χ2n) is 3.87. The number of ether oxygens (including phenoxy) is 1. The van der Waals surface area contributed by atoms with Crippen LogP contribution in [0.4, 0.5) is 0 Å². The molecule has 0 rings (SSSR count). The van der Waals surface area contributed by atoms with Crippen molar-refractivity contribution in [3.05, 3.63) is 12.2 Å². The van der Waals surface area contributed by atoms with Gasteiger partial charge in [-0.25, -0.2) is 0 Å². The van der Waals surface area contributed by atoms with E-state index in [4.69, 9.17) is 10.00 Å². The van der Waals surface area contributed by atoms with E-state index in [1.54, 1.807) is 0 Å². The van der Waals surface area contributed by atoms with E-state index in [0.717, 1.165) is 12.0 Å². The molecule has 0 fully saturated rings. The Labute approximate surface area is 93.9 Å². The zero-order chi connectivity index (χ0) is 11.4. The molecule has 0 aliphatic heterocycles. The Kier molecular flexibility index (Phi) is 10.7. The average Bonchev–Trinajstić information content (AvgIpc) is 2.24. The summed E-state index contributed by atoms with van der Waals surface area (Å²) in [5.74, 6) is 0. The number of nitrogens with zero attached hydrogens (tertiary/aromatic N) is 1. The van der Waals surface area contributed by atoms with Crippen LogP contribution < -0.4 is 0 Å². The minimum atomic E-state index is 0.476. The molecule has 0 aromatic heterocycles. The van der Waals surface area contributed by atoms with Gasteiger partial charge in [0.15, 0.2) is 0 Å². The Balaban J connectivity index is 3.16. The molecule has 0 unspecified atom stereocenters. The molecule has 0 spiro atoms. The summed E-state index contributed by atoms with van der Waals surface area (Å²) >= 11 is 0. The highest BCUT2D eigenvalue weighted by Gasteiger charge is 1.95. The van der Waals surface area contributed by atoms with Gasteiger partial charge in [0.2, 0.25) is 0 Å². The van der Waals surface area contributed by atoms with Gasteiger partial charge in [-0.2, -0.15) is 5.26 Å². The van der Waals surface area contributed by atoms with Crippen LogP contribution in [0.2, 0.25) is 0 Å². The molecule has 0 N–H and O–H groups in total. The lowest BCUT2D eigenvalue weighted by Gasteiger charge is -2.05. The van der Waals surface area contributed by atoms with Gasteiger partial charge in [-0.15, -0.1) is 0 Å². The number of nitriles is 1. The fourth-order valence-corrected chi connectivity index (χ4v) is 1.39. The van der Waals surface area contributed by atoms with Gasteiger partial charge in [0.1, 0.15) is 0 Å². The second-order valence-corrected chi connectivity index (χ2v) is 3.87. The minimum Gasteiger partial charge on any atom is -0.376 e. The van der Waals surface area contributed by atoms with Crippen molar-refractivity contribution < 1.29 is 4.74 Å². The monoisotopic (exact) mass is 209 g/mol. The Hall–Kier alpha value is -0.810. The lowest BCUT2D eigenvalue weighted by Crippen LogP contribution is -1.98. The zero-order valence-electron chi connectivity index (χ0n) is 9.93. The topological polar surface area (TPSA) is 33.0 Å². The van der Waals surface area contributed by atoms with Gasteiger partial charge in [-0.1, -0.05) is 44.8 Å². The molecule has 0 aromatic carbocycles. The van der Waals surface area contributed by atoms with Crippen molar-refractivity contribution in [1.29, 1.82) is 5.26 Å². The van der Waals surface area contributed by atoms with E-state index >= 15 is 0 Å². The molecule has 0 saturated heterocycles. The van der Waals surface area contributed by atoms with Crippen molar-refractivity contribution in [2.24, 2.45) is 0 Å². The smallest absolute Gasteiger partial charge is 0.0674 e. The molecule has 0 heterocycles. The molecule has 0 bridgehead atoms. The van der Waals surface area contributed by atoms with E-state index in [1.165, 1.54) is 32.1 Å². The van der Waals surface area contributed by atoms with E-state index in [-0.39, 0.29) is 0 Å². The standard InChI is InChI=1S/C13H23NO/c1-3-4-5-6-7-9-13(2)12-15-11-8-10-14/h2-9,11-12H2,1H3. The summed E-state index contributed by atoms with van der Waals surface area (Å²) < 4.78 is 5.29. The Morgan fingerprint density at radius 1 is 1.27 bits per heavy atom. The first kappa shape index (κ1) is 14.2. The fraction of sp³-hybridized carbons (Fsp3) is 0.769. The van der Waals surface area contributed by atoms with Crippen molar-refractivity contribution in [2.45, 2.75) is 51.9 Å². The summed E-state index contributed by atoms with van der Waals surface area (Å²) in [6, 6.07) is 2.05. The molecule has 0 atom stereocenters. The minimum absolute atomic E-state index is 0.476. The molecule has 0 radical (unpaired) electrons. The third-order valence-electron chi connectivity index (χ3n) is 2.30. The van der Waals surface area contributed by atoms with Gasteiger partial charge in [-0.05, 0) is 12.8 Å². The molecule has 0 saturated carbocycles. The summed E-state index contributed by atoms with van der Waals surface area (Å²) in [4.78, 5) is 0. The number of hydrogen-bond acceptors (Lipinski definition) is 2. The first-order chi connectivity index (χ1) is 7.31. The van der Waals surface area contributed by atoms with E-state index in [1.807, 2.05) is 0 Å². The SMILES string of the molecule is C=C(CCCCCCC)COCCC#N. The van der Waals surface area contributed by atoms with Crippen LogP contribution in [-0.2, 0) is 4.74 Å². The summed E-state index contributed by atoms with van der Waals surface area (Å²) in [6.07, 6.45) is 8.02.